The zero-order valence-electron chi connectivity index (χ0n) is 14.1. The van der Waals surface area contributed by atoms with Gasteiger partial charge in [-0.15, -0.1) is 0 Å². The fraction of sp³-hybridized carbons (Fsp3) is 0.812. The molecule has 0 radical (unpaired) electrons. The van der Waals surface area contributed by atoms with Gasteiger partial charge >= 0.3 is 6.03 Å². The predicted octanol–water partition coefficient (Wildman–Crippen LogP) is 2.25. The first kappa shape index (κ1) is 16.1. The Hall–Kier alpha value is -1.79. The number of nitrogens with one attached hydrogen (secondary N) is 1. The number of hydrogen-bond donors (Lipinski definition) is 1. The summed E-state index contributed by atoms with van der Waals surface area (Å²) in [5.41, 5.74) is 0. The van der Waals surface area contributed by atoms with Crippen molar-refractivity contribution in [2.24, 2.45) is 11.8 Å². The van der Waals surface area contributed by atoms with Crippen molar-refractivity contribution in [3.63, 3.8) is 0 Å². The monoisotopic (exact) mass is 321 g/mol. The van der Waals surface area contributed by atoms with Gasteiger partial charge in [-0.1, -0.05) is 25.7 Å². The maximum Gasteiger partial charge on any atom is 0.317 e. The molecule has 1 aromatic rings. The Bertz CT molecular complexity index is 516. The molecule has 0 atom stereocenters. The van der Waals surface area contributed by atoms with Gasteiger partial charge in [-0.3, -0.25) is 0 Å². The van der Waals surface area contributed by atoms with Crippen LogP contribution in [-0.2, 0) is 6.54 Å². The fourth-order valence-electron chi connectivity index (χ4n) is 3.77. The van der Waals surface area contributed by atoms with E-state index in [-0.39, 0.29) is 12.6 Å². The van der Waals surface area contributed by atoms with Gasteiger partial charge in [0.2, 0.25) is 5.89 Å². The summed E-state index contributed by atoms with van der Waals surface area (Å²) in [6.07, 6.45) is 7.85. The lowest BCUT2D eigenvalue weighted by atomic mass is 9.83. The average molecular weight is 321 g/mol. The Morgan fingerprint density at radius 3 is 2.48 bits per heavy atom. The van der Waals surface area contributed by atoms with Crippen molar-refractivity contribution < 1.29 is 9.32 Å². The van der Waals surface area contributed by atoms with Crippen LogP contribution in [0.15, 0.2) is 4.52 Å². The maximum atomic E-state index is 12.3. The van der Waals surface area contributed by atoms with Crippen LogP contribution >= 0.6 is 0 Å². The van der Waals surface area contributed by atoms with Gasteiger partial charge < -0.3 is 19.6 Å². The second-order valence-corrected chi connectivity index (χ2v) is 6.91. The number of urea groups is 1. The van der Waals surface area contributed by atoms with E-state index in [4.69, 9.17) is 4.52 Å². The molecule has 2 amide bonds. The molecular weight excluding hydrogens is 294 g/mol. The summed E-state index contributed by atoms with van der Waals surface area (Å²) in [7, 11) is 3.70. The highest BCUT2D eigenvalue weighted by Gasteiger charge is 2.30. The van der Waals surface area contributed by atoms with E-state index in [1.807, 2.05) is 19.0 Å². The van der Waals surface area contributed by atoms with E-state index in [9.17, 15) is 4.79 Å². The average Bonchev–Trinajstić information content (AvgIpc) is 3.24. The van der Waals surface area contributed by atoms with Crippen molar-refractivity contribution in [3.8, 4) is 0 Å². The fourth-order valence-corrected chi connectivity index (χ4v) is 3.77. The number of rotatable bonds is 4. The summed E-state index contributed by atoms with van der Waals surface area (Å²) >= 11 is 0. The van der Waals surface area contributed by atoms with Crippen molar-refractivity contribution >= 4 is 12.0 Å². The van der Waals surface area contributed by atoms with E-state index in [0.717, 1.165) is 37.8 Å². The zero-order valence-corrected chi connectivity index (χ0v) is 14.1. The van der Waals surface area contributed by atoms with Crippen LogP contribution in [0.2, 0.25) is 0 Å². The van der Waals surface area contributed by atoms with Crippen LogP contribution in [0.4, 0.5) is 10.7 Å². The summed E-state index contributed by atoms with van der Waals surface area (Å²) < 4.78 is 5.11. The molecule has 7 nitrogen and oxygen atoms in total. The Kier molecular flexibility index (Phi) is 5.03. The minimum absolute atomic E-state index is 0.0283. The van der Waals surface area contributed by atoms with Crippen LogP contribution < -0.4 is 10.2 Å². The Morgan fingerprint density at radius 2 is 1.87 bits per heavy atom. The molecular formula is C16H27N5O2. The Labute approximate surface area is 137 Å². The van der Waals surface area contributed by atoms with E-state index >= 15 is 0 Å². The van der Waals surface area contributed by atoms with Gasteiger partial charge in [-0.25, -0.2) is 4.79 Å². The highest BCUT2D eigenvalue weighted by Crippen LogP contribution is 2.36. The number of carbonyl (C=O) groups excluding carboxylic acids is 1. The lowest BCUT2D eigenvalue weighted by Gasteiger charge is -2.34. The maximum absolute atomic E-state index is 12.3. The molecule has 128 valence electrons. The van der Waals surface area contributed by atoms with E-state index in [1.54, 1.807) is 4.90 Å². The van der Waals surface area contributed by atoms with E-state index in [2.05, 4.69) is 15.5 Å². The standard InChI is InChI=1S/C16H27N5O2/c1-20(2)15-18-14(23-19-15)11-17-16(22)21-9-7-13(8-10-21)12-5-3-4-6-12/h12-13H,3-11H2,1-2H3,(H,17,22). The lowest BCUT2D eigenvalue weighted by molar-refractivity contribution is 0.149. The molecule has 23 heavy (non-hydrogen) atoms. The molecule has 1 aromatic heterocycles. The predicted molar refractivity (Wildman–Crippen MR) is 87.1 cm³/mol. The topological polar surface area (TPSA) is 74.5 Å². The molecule has 1 saturated heterocycles. The minimum Gasteiger partial charge on any atom is -0.344 e. The molecule has 1 aliphatic heterocycles. The van der Waals surface area contributed by atoms with E-state index in [0.29, 0.717) is 11.8 Å². The van der Waals surface area contributed by atoms with Crippen LogP contribution in [0.25, 0.3) is 0 Å². The van der Waals surface area contributed by atoms with E-state index < -0.39 is 0 Å². The summed E-state index contributed by atoms with van der Waals surface area (Å²) in [6.45, 7) is 2.00. The van der Waals surface area contributed by atoms with Gasteiger partial charge in [-0.05, 0) is 29.8 Å². The quantitative estimate of drug-likeness (QED) is 0.920. The number of hydrogen-bond acceptors (Lipinski definition) is 5. The first-order valence-corrected chi connectivity index (χ1v) is 8.66. The zero-order chi connectivity index (χ0) is 16.2. The SMILES string of the molecule is CN(C)c1noc(CNC(=O)N2CCC(C3CCCC3)CC2)n1. The minimum atomic E-state index is -0.0283. The first-order valence-electron chi connectivity index (χ1n) is 8.66. The van der Waals surface area contributed by atoms with Gasteiger partial charge in [0.1, 0.15) is 0 Å². The van der Waals surface area contributed by atoms with Crippen LogP contribution in [0.5, 0.6) is 0 Å². The lowest BCUT2D eigenvalue weighted by Crippen LogP contribution is -2.45. The Balaban J connectivity index is 1.42. The summed E-state index contributed by atoms with van der Waals surface area (Å²) in [5, 5.41) is 6.71. The van der Waals surface area contributed by atoms with Crippen molar-refractivity contribution in [1.82, 2.24) is 20.4 Å². The van der Waals surface area contributed by atoms with Gasteiger partial charge in [0.05, 0.1) is 6.54 Å². The highest BCUT2D eigenvalue weighted by molar-refractivity contribution is 5.74. The number of aromatic nitrogens is 2. The number of anilines is 1. The molecule has 2 heterocycles. The number of carbonyl (C=O) groups is 1. The molecule has 2 fully saturated rings. The van der Waals surface area contributed by atoms with Gasteiger partial charge in [0, 0.05) is 27.2 Å². The molecule has 7 heteroatoms. The third-order valence-corrected chi connectivity index (χ3v) is 5.14. The van der Waals surface area contributed by atoms with Crippen LogP contribution in [0.3, 0.4) is 0 Å². The number of likely N-dealkylation sites (tertiary alicyclic amines) is 1. The molecule has 0 aromatic carbocycles. The first-order chi connectivity index (χ1) is 11.1. The second-order valence-electron chi connectivity index (χ2n) is 6.91. The highest BCUT2D eigenvalue weighted by atomic mass is 16.5. The van der Waals surface area contributed by atoms with Gasteiger partial charge in [0.25, 0.3) is 5.95 Å². The third-order valence-electron chi connectivity index (χ3n) is 5.14. The number of amides is 2. The van der Waals surface area contributed by atoms with Crippen molar-refractivity contribution in [1.29, 1.82) is 0 Å². The molecule has 0 unspecified atom stereocenters. The van der Waals surface area contributed by atoms with Crippen LogP contribution in [-0.4, -0.2) is 48.3 Å². The normalized spacial score (nSPS) is 20.0. The molecule has 2 aliphatic rings. The Morgan fingerprint density at radius 1 is 1.22 bits per heavy atom. The molecule has 0 spiro atoms. The largest absolute Gasteiger partial charge is 0.344 e. The van der Waals surface area contributed by atoms with Crippen molar-refractivity contribution in [3.05, 3.63) is 5.89 Å². The number of nitrogens with zero attached hydrogens (tertiary/aromatic N) is 4. The second kappa shape index (κ2) is 7.19. The summed E-state index contributed by atoms with van der Waals surface area (Å²) in [4.78, 5) is 20.1. The van der Waals surface area contributed by atoms with Crippen LogP contribution in [0, 0.1) is 11.8 Å². The van der Waals surface area contributed by atoms with Crippen molar-refractivity contribution in [2.45, 2.75) is 45.1 Å². The van der Waals surface area contributed by atoms with Gasteiger partial charge in [-0.2, -0.15) is 4.98 Å². The third kappa shape index (κ3) is 3.95. The molecule has 1 N–H and O–H groups in total. The summed E-state index contributed by atoms with van der Waals surface area (Å²) in [5.74, 6) is 2.68. The smallest absolute Gasteiger partial charge is 0.317 e. The summed E-state index contributed by atoms with van der Waals surface area (Å²) in [6, 6.07) is -0.0283. The molecule has 1 aliphatic carbocycles. The number of piperidine rings is 1. The van der Waals surface area contributed by atoms with E-state index in [1.165, 1.54) is 25.7 Å². The van der Waals surface area contributed by atoms with Crippen LogP contribution in [0.1, 0.15) is 44.4 Å². The molecule has 1 saturated carbocycles. The van der Waals surface area contributed by atoms with Crippen molar-refractivity contribution in [2.75, 3.05) is 32.1 Å². The molecule has 0 bridgehead atoms. The van der Waals surface area contributed by atoms with Gasteiger partial charge in [0.15, 0.2) is 0 Å². The molecule has 3 rings (SSSR count).